The van der Waals surface area contributed by atoms with Crippen molar-refractivity contribution in [2.24, 2.45) is 5.92 Å². The topological polar surface area (TPSA) is 79.3 Å². The van der Waals surface area contributed by atoms with Gasteiger partial charge in [-0.3, -0.25) is 4.79 Å². The number of carboxylic acids is 1. The molecule has 1 amide bonds. The zero-order valence-electron chi connectivity index (χ0n) is 11.3. The Labute approximate surface area is 117 Å². The van der Waals surface area contributed by atoms with Crippen LogP contribution in [0.15, 0.2) is 5.38 Å². The number of aromatic nitrogens is 1. The van der Waals surface area contributed by atoms with E-state index in [9.17, 15) is 9.59 Å². The van der Waals surface area contributed by atoms with Gasteiger partial charge in [-0.15, -0.1) is 11.3 Å². The van der Waals surface area contributed by atoms with Crippen LogP contribution in [0.3, 0.4) is 0 Å². The molecule has 1 heterocycles. The molecule has 19 heavy (non-hydrogen) atoms. The van der Waals surface area contributed by atoms with Crippen molar-refractivity contribution >= 4 is 23.2 Å². The molecular weight excluding hydrogens is 264 g/mol. The summed E-state index contributed by atoms with van der Waals surface area (Å²) in [6.07, 6.45) is 3.74. The van der Waals surface area contributed by atoms with Gasteiger partial charge in [-0.25, -0.2) is 9.78 Å². The Hall–Kier alpha value is -1.43. The second-order valence-electron chi connectivity index (χ2n) is 4.42. The Balaban J connectivity index is 2.49. The standard InChI is InChI=1S/C13H20N2O3S/c1-3-5-9(6-4-2)12(16)14-7-11-15-10(8-19-11)13(17)18/h8-9H,3-7H2,1-2H3,(H,14,16)(H,17,18). The minimum atomic E-state index is -1.04. The molecule has 0 aliphatic carbocycles. The van der Waals surface area contributed by atoms with E-state index in [4.69, 9.17) is 5.11 Å². The molecule has 106 valence electrons. The number of rotatable bonds is 8. The van der Waals surface area contributed by atoms with Crippen LogP contribution in [0, 0.1) is 5.92 Å². The molecule has 1 aromatic rings. The summed E-state index contributed by atoms with van der Waals surface area (Å²) in [5, 5.41) is 13.7. The molecule has 6 heteroatoms. The molecule has 0 aliphatic heterocycles. The van der Waals surface area contributed by atoms with E-state index in [1.165, 1.54) is 16.7 Å². The van der Waals surface area contributed by atoms with Crippen LogP contribution in [0.2, 0.25) is 0 Å². The SMILES string of the molecule is CCCC(CCC)C(=O)NCc1nc(C(=O)O)cs1. The van der Waals surface area contributed by atoms with Crippen LogP contribution < -0.4 is 5.32 Å². The van der Waals surface area contributed by atoms with Crippen molar-refractivity contribution < 1.29 is 14.7 Å². The van der Waals surface area contributed by atoms with Crippen LogP contribution in [0.5, 0.6) is 0 Å². The average Bonchev–Trinajstić information content (AvgIpc) is 2.84. The van der Waals surface area contributed by atoms with Gasteiger partial charge in [0.05, 0.1) is 6.54 Å². The highest BCUT2D eigenvalue weighted by atomic mass is 32.1. The highest BCUT2D eigenvalue weighted by Crippen LogP contribution is 2.14. The molecule has 1 aromatic heterocycles. The molecule has 0 bridgehead atoms. The zero-order valence-corrected chi connectivity index (χ0v) is 12.1. The highest BCUT2D eigenvalue weighted by Gasteiger charge is 2.17. The van der Waals surface area contributed by atoms with Crippen LogP contribution in [-0.2, 0) is 11.3 Å². The van der Waals surface area contributed by atoms with Gasteiger partial charge in [-0.1, -0.05) is 26.7 Å². The summed E-state index contributed by atoms with van der Waals surface area (Å²) in [4.78, 5) is 26.6. The van der Waals surface area contributed by atoms with Crippen molar-refractivity contribution in [1.29, 1.82) is 0 Å². The predicted molar refractivity (Wildman–Crippen MR) is 74.2 cm³/mol. The highest BCUT2D eigenvalue weighted by molar-refractivity contribution is 7.09. The minimum absolute atomic E-state index is 0.0351. The fourth-order valence-electron chi connectivity index (χ4n) is 1.90. The normalized spacial score (nSPS) is 10.7. The number of nitrogens with one attached hydrogen (secondary N) is 1. The smallest absolute Gasteiger partial charge is 0.355 e. The van der Waals surface area contributed by atoms with Gasteiger partial charge in [0.25, 0.3) is 0 Å². The van der Waals surface area contributed by atoms with E-state index in [1.54, 1.807) is 0 Å². The van der Waals surface area contributed by atoms with Crippen LogP contribution in [0.4, 0.5) is 0 Å². The van der Waals surface area contributed by atoms with Crippen molar-refractivity contribution in [3.8, 4) is 0 Å². The van der Waals surface area contributed by atoms with Gasteiger partial charge < -0.3 is 10.4 Å². The van der Waals surface area contributed by atoms with Gasteiger partial charge in [0, 0.05) is 11.3 Å². The fraction of sp³-hybridized carbons (Fsp3) is 0.615. The second-order valence-corrected chi connectivity index (χ2v) is 5.37. The first-order valence-corrected chi connectivity index (χ1v) is 7.41. The van der Waals surface area contributed by atoms with Crippen molar-refractivity contribution in [2.75, 3.05) is 0 Å². The molecule has 0 aromatic carbocycles. The number of amides is 1. The number of hydrogen-bond donors (Lipinski definition) is 2. The van der Waals surface area contributed by atoms with Gasteiger partial charge in [-0.05, 0) is 12.8 Å². The summed E-state index contributed by atoms with van der Waals surface area (Å²) >= 11 is 1.25. The maximum atomic E-state index is 12.0. The van der Waals surface area contributed by atoms with Crippen LogP contribution in [0.1, 0.15) is 55.0 Å². The average molecular weight is 284 g/mol. The maximum Gasteiger partial charge on any atom is 0.355 e. The van der Waals surface area contributed by atoms with Crippen molar-refractivity contribution in [3.05, 3.63) is 16.1 Å². The Bertz CT molecular complexity index is 425. The third kappa shape index (κ3) is 4.98. The Kier molecular flexibility index (Phi) is 6.49. The molecule has 0 saturated carbocycles. The van der Waals surface area contributed by atoms with Gasteiger partial charge in [0.15, 0.2) is 5.69 Å². The van der Waals surface area contributed by atoms with Crippen molar-refractivity contribution in [1.82, 2.24) is 10.3 Å². The van der Waals surface area contributed by atoms with Gasteiger partial charge in [-0.2, -0.15) is 0 Å². The summed E-state index contributed by atoms with van der Waals surface area (Å²) in [6.45, 7) is 4.44. The first kappa shape index (κ1) is 15.6. The Morgan fingerprint density at radius 3 is 2.47 bits per heavy atom. The lowest BCUT2D eigenvalue weighted by Gasteiger charge is -2.14. The number of carboxylic acid groups (broad SMARTS) is 1. The molecule has 0 aliphatic rings. The largest absolute Gasteiger partial charge is 0.476 e. The maximum absolute atomic E-state index is 12.0. The number of nitrogens with zero attached hydrogens (tertiary/aromatic N) is 1. The molecule has 0 fully saturated rings. The summed E-state index contributed by atoms with van der Waals surface area (Å²) in [5.41, 5.74) is 0.0351. The summed E-state index contributed by atoms with van der Waals surface area (Å²) in [5.74, 6) is -0.951. The molecule has 0 unspecified atom stereocenters. The van der Waals surface area contributed by atoms with E-state index in [0.717, 1.165) is 25.7 Å². The lowest BCUT2D eigenvalue weighted by Crippen LogP contribution is -2.30. The minimum Gasteiger partial charge on any atom is -0.476 e. The van der Waals surface area contributed by atoms with Crippen molar-refractivity contribution in [3.63, 3.8) is 0 Å². The third-order valence-electron chi connectivity index (χ3n) is 2.83. The van der Waals surface area contributed by atoms with E-state index in [1.807, 2.05) is 0 Å². The van der Waals surface area contributed by atoms with Crippen LogP contribution in [0.25, 0.3) is 0 Å². The van der Waals surface area contributed by atoms with Crippen molar-refractivity contribution in [2.45, 2.75) is 46.1 Å². The fourth-order valence-corrected chi connectivity index (χ4v) is 2.61. The van der Waals surface area contributed by atoms with E-state index in [2.05, 4.69) is 24.1 Å². The number of aromatic carboxylic acids is 1. The molecule has 0 radical (unpaired) electrons. The quantitative estimate of drug-likeness (QED) is 0.769. The first-order valence-electron chi connectivity index (χ1n) is 6.53. The summed E-state index contributed by atoms with van der Waals surface area (Å²) < 4.78 is 0. The Morgan fingerprint density at radius 1 is 1.37 bits per heavy atom. The molecular formula is C13H20N2O3S. The van der Waals surface area contributed by atoms with E-state index < -0.39 is 5.97 Å². The summed E-state index contributed by atoms with van der Waals surface area (Å²) in [7, 11) is 0. The number of hydrogen-bond acceptors (Lipinski definition) is 4. The lowest BCUT2D eigenvalue weighted by molar-refractivity contribution is -0.125. The number of carbonyl (C=O) groups is 2. The van der Waals surface area contributed by atoms with Gasteiger partial charge >= 0.3 is 5.97 Å². The molecule has 2 N–H and O–H groups in total. The molecule has 5 nitrogen and oxygen atoms in total. The number of thiazole rings is 1. The van der Waals surface area contributed by atoms with E-state index in [0.29, 0.717) is 11.6 Å². The molecule has 0 saturated heterocycles. The first-order chi connectivity index (χ1) is 9.08. The zero-order chi connectivity index (χ0) is 14.3. The molecule has 0 spiro atoms. The second kappa shape index (κ2) is 7.89. The van der Waals surface area contributed by atoms with Crippen LogP contribution in [-0.4, -0.2) is 22.0 Å². The Morgan fingerprint density at radius 2 is 2.00 bits per heavy atom. The van der Waals surface area contributed by atoms with Gasteiger partial charge in [0.1, 0.15) is 5.01 Å². The monoisotopic (exact) mass is 284 g/mol. The number of carbonyl (C=O) groups excluding carboxylic acids is 1. The summed E-state index contributed by atoms with van der Waals surface area (Å²) in [6, 6.07) is 0. The van der Waals surface area contributed by atoms with Crippen LogP contribution >= 0.6 is 11.3 Å². The predicted octanol–water partition coefficient (Wildman–Crippen LogP) is 2.67. The molecule has 1 rings (SSSR count). The third-order valence-corrected chi connectivity index (χ3v) is 3.68. The molecule has 0 atom stereocenters. The van der Waals surface area contributed by atoms with E-state index in [-0.39, 0.29) is 17.5 Å². The van der Waals surface area contributed by atoms with Gasteiger partial charge in [0.2, 0.25) is 5.91 Å². The lowest BCUT2D eigenvalue weighted by atomic mass is 9.97. The van der Waals surface area contributed by atoms with E-state index >= 15 is 0 Å².